The minimum absolute atomic E-state index is 0.544. The third kappa shape index (κ3) is 3.51. The number of hydrogen-bond acceptors (Lipinski definition) is 2. The van der Waals surface area contributed by atoms with Crippen molar-refractivity contribution in [2.75, 3.05) is 6.54 Å². The van der Waals surface area contributed by atoms with Gasteiger partial charge >= 0.3 is 0 Å². The van der Waals surface area contributed by atoms with Crippen molar-refractivity contribution >= 4 is 33.8 Å². The summed E-state index contributed by atoms with van der Waals surface area (Å²) in [4.78, 5) is 0. The monoisotopic (exact) mass is 271 g/mol. The molecule has 0 saturated heterocycles. The van der Waals surface area contributed by atoms with E-state index in [1.807, 2.05) is 26.0 Å². The number of nitrogens with zero attached hydrogens (tertiary/aromatic N) is 1. The van der Waals surface area contributed by atoms with Crippen molar-refractivity contribution in [1.82, 2.24) is 10.7 Å². The van der Waals surface area contributed by atoms with E-state index in [9.17, 15) is 0 Å². The predicted molar refractivity (Wildman–Crippen MR) is 85.6 cm³/mol. The lowest BCUT2D eigenvalue weighted by atomic mass is 10.0. The van der Waals surface area contributed by atoms with E-state index < -0.39 is 0 Å². The first kappa shape index (κ1) is 13.5. The van der Waals surface area contributed by atoms with Gasteiger partial charge in [-0.05, 0) is 48.5 Å². The maximum Gasteiger partial charge on any atom is 0.186 e. The van der Waals surface area contributed by atoms with Gasteiger partial charge in [-0.3, -0.25) is 5.43 Å². The summed E-state index contributed by atoms with van der Waals surface area (Å²) in [5, 5.41) is 10.3. The fourth-order valence-electron chi connectivity index (χ4n) is 1.81. The van der Waals surface area contributed by atoms with E-state index in [0.29, 0.717) is 5.11 Å². The Morgan fingerprint density at radius 1 is 1.16 bits per heavy atom. The summed E-state index contributed by atoms with van der Waals surface area (Å²) < 4.78 is 0. The molecule has 2 rings (SSSR count). The molecule has 0 aromatic heterocycles. The van der Waals surface area contributed by atoms with Gasteiger partial charge < -0.3 is 5.32 Å². The van der Waals surface area contributed by atoms with Crippen LogP contribution in [0.1, 0.15) is 19.4 Å². The number of fused-ring (bicyclic) bond motifs is 1. The van der Waals surface area contributed by atoms with Gasteiger partial charge in [0.25, 0.3) is 0 Å². The zero-order valence-electron chi connectivity index (χ0n) is 11.1. The van der Waals surface area contributed by atoms with E-state index in [4.69, 9.17) is 12.2 Å². The molecule has 2 aromatic carbocycles. The topological polar surface area (TPSA) is 36.4 Å². The number of benzene rings is 2. The molecule has 0 fully saturated rings. The van der Waals surface area contributed by atoms with Gasteiger partial charge in [0.1, 0.15) is 0 Å². The number of rotatable bonds is 3. The van der Waals surface area contributed by atoms with Crippen LogP contribution in [0.15, 0.2) is 47.6 Å². The number of thiocarbonyl (C=S) groups is 1. The molecule has 0 unspecified atom stereocenters. The van der Waals surface area contributed by atoms with Crippen LogP contribution < -0.4 is 10.7 Å². The molecule has 4 heteroatoms. The minimum atomic E-state index is 0.544. The maximum absolute atomic E-state index is 5.07. The van der Waals surface area contributed by atoms with Crippen molar-refractivity contribution in [1.29, 1.82) is 0 Å². The van der Waals surface area contributed by atoms with Crippen molar-refractivity contribution < 1.29 is 0 Å². The van der Waals surface area contributed by atoms with Gasteiger partial charge in [-0.25, -0.2) is 0 Å². The average molecular weight is 271 g/mol. The smallest absolute Gasteiger partial charge is 0.186 e. The van der Waals surface area contributed by atoms with Crippen molar-refractivity contribution in [3.05, 3.63) is 48.0 Å². The Morgan fingerprint density at radius 3 is 2.63 bits per heavy atom. The minimum Gasteiger partial charge on any atom is -0.362 e. The van der Waals surface area contributed by atoms with Crippen LogP contribution in [0.4, 0.5) is 0 Å². The zero-order chi connectivity index (χ0) is 13.7. The van der Waals surface area contributed by atoms with Gasteiger partial charge in [-0.1, -0.05) is 36.4 Å². The molecule has 0 bridgehead atoms. The Labute approximate surface area is 118 Å². The van der Waals surface area contributed by atoms with Crippen LogP contribution >= 0.6 is 12.2 Å². The molecule has 0 heterocycles. The lowest BCUT2D eigenvalue weighted by molar-refractivity contribution is 0.901. The Kier molecular flexibility index (Phi) is 4.47. The van der Waals surface area contributed by atoms with Crippen molar-refractivity contribution in [3.8, 4) is 0 Å². The van der Waals surface area contributed by atoms with E-state index in [1.54, 1.807) is 0 Å². The summed E-state index contributed by atoms with van der Waals surface area (Å²) >= 11 is 5.07. The molecular weight excluding hydrogens is 254 g/mol. The molecule has 98 valence electrons. The molecule has 0 aliphatic heterocycles. The number of hydrogen-bond donors (Lipinski definition) is 2. The molecule has 2 N–H and O–H groups in total. The van der Waals surface area contributed by atoms with Crippen molar-refractivity contribution in [3.63, 3.8) is 0 Å². The fourth-order valence-corrected chi connectivity index (χ4v) is 2.00. The number of nitrogens with one attached hydrogen (secondary N) is 2. The fraction of sp³-hybridized carbons (Fsp3) is 0.200. The molecule has 2 aromatic rings. The molecule has 0 radical (unpaired) electrons. The average Bonchev–Trinajstić information content (AvgIpc) is 2.44. The third-order valence-corrected chi connectivity index (χ3v) is 3.07. The predicted octanol–water partition coefficient (Wildman–Crippen LogP) is 3.05. The summed E-state index contributed by atoms with van der Waals surface area (Å²) in [5.74, 6) is 0. The highest BCUT2D eigenvalue weighted by Gasteiger charge is 2.00. The highest BCUT2D eigenvalue weighted by molar-refractivity contribution is 7.80. The molecule has 3 nitrogen and oxygen atoms in total. The van der Waals surface area contributed by atoms with Crippen LogP contribution in [0, 0.1) is 0 Å². The van der Waals surface area contributed by atoms with Crippen LogP contribution in [0.2, 0.25) is 0 Å². The van der Waals surface area contributed by atoms with Crippen LogP contribution in [-0.2, 0) is 0 Å². The maximum atomic E-state index is 5.07. The Bertz CT molecular complexity index is 620. The molecule has 0 aliphatic rings. The summed E-state index contributed by atoms with van der Waals surface area (Å²) in [7, 11) is 0. The van der Waals surface area contributed by atoms with Crippen LogP contribution in [0.5, 0.6) is 0 Å². The van der Waals surface area contributed by atoms with Gasteiger partial charge in [0, 0.05) is 6.54 Å². The zero-order valence-corrected chi connectivity index (χ0v) is 11.9. The molecule has 19 heavy (non-hydrogen) atoms. The second-order valence-corrected chi connectivity index (χ2v) is 4.64. The second kappa shape index (κ2) is 6.29. The SMILES string of the molecule is CCNC(=S)N/N=C(/C)c1ccc2ccccc2c1. The molecule has 0 aliphatic carbocycles. The first-order chi connectivity index (χ1) is 9.20. The number of hydrazone groups is 1. The second-order valence-electron chi connectivity index (χ2n) is 4.23. The lowest BCUT2D eigenvalue weighted by Gasteiger charge is -2.06. The van der Waals surface area contributed by atoms with Crippen LogP contribution in [0.25, 0.3) is 10.8 Å². The van der Waals surface area contributed by atoms with Crippen molar-refractivity contribution in [2.45, 2.75) is 13.8 Å². The van der Waals surface area contributed by atoms with Gasteiger partial charge in [0.05, 0.1) is 5.71 Å². The first-order valence-electron chi connectivity index (χ1n) is 6.28. The van der Waals surface area contributed by atoms with Gasteiger partial charge in [0.15, 0.2) is 5.11 Å². The van der Waals surface area contributed by atoms with Crippen LogP contribution in [-0.4, -0.2) is 17.4 Å². The van der Waals surface area contributed by atoms with Crippen molar-refractivity contribution in [2.24, 2.45) is 5.10 Å². The Morgan fingerprint density at radius 2 is 1.89 bits per heavy atom. The Balaban J connectivity index is 2.19. The van der Waals surface area contributed by atoms with Gasteiger partial charge in [-0.15, -0.1) is 0 Å². The molecule has 0 atom stereocenters. The standard InChI is InChI=1S/C15H17N3S/c1-3-16-15(19)18-17-11(2)13-9-8-12-6-4-5-7-14(12)10-13/h4-10H,3H2,1-2H3,(H2,16,18,19)/b17-11-. The van der Waals surface area contributed by atoms with E-state index >= 15 is 0 Å². The van der Waals surface area contributed by atoms with Crippen LogP contribution in [0.3, 0.4) is 0 Å². The molecule has 0 amide bonds. The summed E-state index contributed by atoms with van der Waals surface area (Å²) in [6.07, 6.45) is 0. The van der Waals surface area contributed by atoms with E-state index in [0.717, 1.165) is 17.8 Å². The summed E-state index contributed by atoms with van der Waals surface area (Å²) in [6.45, 7) is 4.75. The molecule has 0 saturated carbocycles. The highest BCUT2D eigenvalue weighted by atomic mass is 32.1. The van der Waals surface area contributed by atoms with E-state index in [1.165, 1.54) is 10.8 Å². The molecule has 0 spiro atoms. The van der Waals surface area contributed by atoms with Gasteiger partial charge in [0.2, 0.25) is 0 Å². The molecular formula is C15H17N3S. The van der Waals surface area contributed by atoms with E-state index in [-0.39, 0.29) is 0 Å². The summed E-state index contributed by atoms with van der Waals surface area (Å²) in [6, 6.07) is 14.6. The first-order valence-corrected chi connectivity index (χ1v) is 6.69. The third-order valence-electron chi connectivity index (χ3n) is 2.83. The largest absolute Gasteiger partial charge is 0.362 e. The lowest BCUT2D eigenvalue weighted by Crippen LogP contribution is -2.32. The Hall–Kier alpha value is -1.94. The highest BCUT2D eigenvalue weighted by Crippen LogP contribution is 2.15. The quantitative estimate of drug-likeness (QED) is 0.512. The van der Waals surface area contributed by atoms with Gasteiger partial charge in [-0.2, -0.15) is 5.10 Å². The summed E-state index contributed by atoms with van der Waals surface area (Å²) in [5.41, 5.74) is 4.83. The van der Waals surface area contributed by atoms with E-state index in [2.05, 4.69) is 46.2 Å². The normalized spacial score (nSPS) is 11.4.